The summed E-state index contributed by atoms with van der Waals surface area (Å²) < 4.78 is 5.53. The number of carbonyl (C=O) groups excluding carboxylic acids is 1. The summed E-state index contributed by atoms with van der Waals surface area (Å²) in [5.74, 6) is -1.88. The lowest BCUT2D eigenvalue weighted by Crippen LogP contribution is -2.33. The molecule has 10 atom stereocenters. The molecular weight excluding hydrogens is 500 g/mol. The van der Waals surface area contributed by atoms with Gasteiger partial charge in [-0.1, -0.05) is 74.6 Å². The van der Waals surface area contributed by atoms with Gasteiger partial charge in [0.05, 0.1) is 42.5 Å². The number of cyclic esters (lactones) is 1. The number of ether oxygens (including phenoxy) is 1. The maximum absolute atomic E-state index is 12.5. The fourth-order valence-corrected chi connectivity index (χ4v) is 4.13. The fourth-order valence-electron chi connectivity index (χ4n) is 4.13. The van der Waals surface area contributed by atoms with Crippen molar-refractivity contribution in [1.82, 2.24) is 0 Å². The molecule has 0 aromatic heterocycles. The lowest BCUT2D eigenvalue weighted by Gasteiger charge is -2.25. The number of esters is 1. The molecule has 8 heteroatoms. The van der Waals surface area contributed by atoms with Crippen molar-refractivity contribution in [3.05, 3.63) is 60.8 Å². The zero-order valence-corrected chi connectivity index (χ0v) is 23.8. The van der Waals surface area contributed by atoms with Gasteiger partial charge in [-0.3, -0.25) is 4.79 Å². The number of carbonyl (C=O) groups is 1. The molecule has 0 spiro atoms. The van der Waals surface area contributed by atoms with Crippen LogP contribution in [0.25, 0.3) is 0 Å². The molecule has 0 amide bonds. The summed E-state index contributed by atoms with van der Waals surface area (Å²) in [7, 11) is 0. The molecule has 1 aliphatic heterocycles. The van der Waals surface area contributed by atoms with E-state index in [0.717, 1.165) is 0 Å². The van der Waals surface area contributed by atoms with Gasteiger partial charge in [0, 0.05) is 18.3 Å². The number of hydrogen-bond acceptors (Lipinski definition) is 8. The van der Waals surface area contributed by atoms with Crippen molar-refractivity contribution in [3.8, 4) is 0 Å². The Hall–Kier alpha value is -2.07. The third-order valence-electron chi connectivity index (χ3n) is 7.28. The van der Waals surface area contributed by atoms with Gasteiger partial charge in [-0.25, -0.2) is 0 Å². The number of hydrogen-bond donors (Lipinski definition) is 6. The van der Waals surface area contributed by atoms with E-state index in [-0.39, 0.29) is 25.2 Å². The van der Waals surface area contributed by atoms with Crippen LogP contribution in [-0.4, -0.2) is 79.3 Å². The van der Waals surface area contributed by atoms with Crippen molar-refractivity contribution in [2.75, 3.05) is 0 Å². The Morgan fingerprint density at radius 2 is 1.13 bits per heavy atom. The van der Waals surface area contributed by atoms with Crippen molar-refractivity contribution in [2.45, 2.75) is 109 Å². The van der Waals surface area contributed by atoms with Crippen LogP contribution in [0.3, 0.4) is 0 Å². The minimum Gasteiger partial charge on any atom is -0.462 e. The number of rotatable bonds is 0. The van der Waals surface area contributed by atoms with Crippen molar-refractivity contribution < 1.29 is 40.2 Å². The summed E-state index contributed by atoms with van der Waals surface area (Å²) >= 11 is 0. The van der Waals surface area contributed by atoms with E-state index in [1.165, 1.54) is 0 Å². The number of aliphatic hydroxyl groups is 6. The smallest absolute Gasteiger partial charge is 0.311 e. The Morgan fingerprint density at radius 1 is 0.641 bits per heavy atom. The second-order valence-corrected chi connectivity index (χ2v) is 10.8. The average Bonchev–Trinajstić information content (AvgIpc) is 2.87. The van der Waals surface area contributed by atoms with Crippen LogP contribution < -0.4 is 0 Å². The monoisotopic (exact) mass is 550 g/mol. The molecule has 0 aromatic carbocycles. The van der Waals surface area contributed by atoms with E-state index in [9.17, 15) is 35.4 Å². The average molecular weight is 551 g/mol. The largest absolute Gasteiger partial charge is 0.462 e. The maximum Gasteiger partial charge on any atom is 0.311 e. The quantitative estimate of drug-likeness (QED) is 0.252. The van der Waals surface area contributed by atoms with E-state index in [1.807, 2.05) is 43.4 Å². The first-order valence-electron chi connectivity index (χ1n) is 14.1. The van der Waals surface area contributed by atoms with E-state index < -0.39 is 60.5 Å². The molecule has 222 valence electrons. The van der Waals surface area contributed by atoms with E-state index in [2.05, 4.69) is 0 Å². The Labute approximate surface area is 233 Å². The van der Waals surface area contributed by atoms with Crippen LogP contribution in [0.1, 0.15) is 66.2 Å². The second kappa shape index (κ2) is 19.1. The number of allylic oxidation sites excluding steroid dienone is 8. The predicted octanol–water partition coefficient (Wildman–Crippen LogP) is 3.13. The van der Waals surface area contributed by atoms with Gasteiger partial charge in [0.1, 0.15) is 6.10 Å². The topological polar surface area (TPSA) is 148 Å². The van der Waals surface area contributed by atoms with Crippen molar-refractivity contribution >= 4 is 5.97 Å². The van der Waals surface area contributed by atoms with Crippen LogP contribution in [0.5, 0.6) is 0 Å². The molecule has 6 N–H and O–H groups in total. The zero-order valence-electron chi connectivity index (χ0n) is 23.8. The Balaban J connectivity index is 2.89. The van der Waals surface area contributed by atoms with Gasteiger partial charge in [0.2, 0.25) is 0 Å². The summed E-state index contributed by atoms with van der Waals surface area (Å²) in [6, 6.07) is 0. The molecule has 0 saturated carbocycles. The molecular formula is C31H50O8. The van der Waals surface area contributed by atoms with Crippen molar-refractivity contribution in [2.24, 2.45) is 17.8 Å². The van der Waals surface area contributed by atoms with Crippen LogP contribution in [0, 0.1) is 17.8 Å². The minimum atomic E-state index is -1.07. The Morgan fingerprint density at radius 3 is 1.72 bits per heavy atom. The highest BCUT2D eigenvalue weighted by Crippen LogP contribution is 2.20. The molecule has 0 aromatic rings. The van der Waals surface area contributed by atoms with Crippen molar-refractivity contribution in [3.63, 3.8) is 0 Å². The predicted molar refractivity (Wildman–Crippen MR) is 152 cm³/mol. The molecule has 0 radical (unpaired) electrons. The second-order valence-electron chi connectivity index (χ2n) is 10.8. The standard InChI is InChI=1S/C31H50O8/c1-21-14-11-9-7-5-6-8-10-12-17-28(35)22(2)29(36)20-27(34)18-25(32)15-13-16-26(33)19-30(37)23(3)31(38)39-24(21)4/h5-12,14,17,21-30,32-37H,13,15-16,18-20H2,1-4H3/b6-5+,9-7+,10-8+,14-11+,17-12+/t21-,22+,23+,24-,25+,26+,27+,28-,29-,30-/m1/s1. The van der Waals surface area contributed by atoms with Gasteiger partial charge < -0.3 is 35.4 Å². The Kier molecular flexibility index (Phi) is 17.1. The molecule has 0 aliphatic carbocycles. The van der Waals surface area contributed by atoms with Gasteiger partial charge in [0.15, 0.2) is 0 Å². The van der Waals surface area contributed by atoms with E-state index in [0.29, 0.717) is 19.3 Å². The normalized spacial score (nSPS) is 41.7. The molecule has 8 nitrogen and oxygen atoms in total. The van der Waals surface area contributed by atoms with Crippen LogP contribution in [-0.2, 0) is 9.53 Å². The number of aliphatic hydroxyl groups excluding tert-OH is 6. The van der Waals surface area contributed by atoms with Crippen molar-refractivity contribution in [1.29, 1.82) is 0 Å². The maximum atomic E-state index is 12.5. The van der Waals surface area contributed by atoms with Gasteiger partial charge in [-0.15, -0.1) is 0 Å². The van der Waals surface area contributed by atoms with E-state index in [4.69, 9.17) is 4.74 Å². The van der Waals surface area contributed by atoms with Gasteiger partial charge in [-0.2, -0.15) is 0 Å². The fraction of sp³-hybridized carbons (Fsp3) is 0.645. The lowest BCUT2D eigenvalue weighted by atomic mass is 9.91. The summed E-state index contributed by atoms with van der Waals surface area (Å²) in [6.45, 7) is 6.99. The van der Waals surface area contributed by atoms with Gasteiger partial charge in [-0.05, 0) is 46.0 Å². The van der Waals surface area contributed by atoms with Crippen LogP contribution in [0.2, 0.25) is 0 Å². The van der Waals surface area contributed by atoms with Crippen LogP contribution >= 0.6 is 0 Å². The lowest BCUT2D eigenvalue weighted by molar-refractivity contribution is -0.158. The third kappa shape index (κ3) is 14.8. The van der Waals surface area contributed by atoms with Crippen LogP contribution in [0.15, 0.2) is 60.8 Å². The molecule has 1 rings (SSSR count). The third-order valence-corrected chi connectivity index (χ3v) is 7.28. The first-order chi connectivity index (χ1) is 18.4. The van der Waals surface area contributed by atoms with Gasteiger partial charge in [0.25, 0.3) is 0 Å². The molecule has 0 saturated heterocycles. The summed E-state index contributed by atoms with van der Waals surface area (Å²) in [5.41, 5.74) is 0. The molecule has 0 unspecified atom stereocenters. The van der Waals surface area contributed by atoms with E-state index >= 15 is 0 Å². The SMILES string of the molecule is C[C@H]1[C@H](O)/C=C/C=C/C=C/C=C/C=C/[C@@H](C)[C@@H](C)OC(=O)[C@@H](C)[C@H](O)C[C@@H](O)CCC[C@H](O)C[C@H](O)C[C@H]1O. The molecule has 0 bridgehead atoms. The first kappa shape index (κ1) is 35.0. The molecule has 0 fully saturated rings. The first-order valence-corrected chi connectivity index (χ1v) is 14.1. The van der Waals surface area contributed by atoms with Crippen LogP contribution in [0.4, 0.5) is 0 Å². The molecule has 1 aliphatic rings. The summed E-state index contributed by atoms with van der Waals surface area (Å²) in [6.07, 6.45) is 13.2. The molecule has 39 heavy (non-hydrogen) atoms. The van der Waals surface area contributed by atoms with E-state index in [1.54, 1.807) is 45.1 Å². The summed E-state index contributed by atoms with van der Waals surface area (Å²) in [4.78, 5) is 12.5. The summed E-state index contributed by atoms with van der Waals surface area (Å²) in [5, 5.41) is 62.1. The highest BCUT2D eigenvalue weighted by molar-refractivity contribution is 5.72. The van der Waals surface area contributed by atoms with Gasteiger partial charge >= 0.3 is 5.97 Å². The molecule has 1 heterocycles. The zero-order chi connectivity index (χ0) is 29.4. The highest BCUT2D eigenvalue weighted by atomic mass is 16.5. The Bertz CT molecular complexity index is 832. The minimum absolute atomic E-state index is 0.00712. The highest BCUT2D eigenvalue weighted by Gasteiger charge is 2.28.